The van der Waals surface area contributed by atoms with Gasteiger partial charge in [0.05, 0.1) is 12.7 Å². The van der Waals surface area contributed by atoms with Crippen molar-refractivity contribution < 1.29 is 9.53 Å². The fourth-order valence-electron chi connectivity index (χ4n) is 2.31. The van der Waals surface area contributed by atoms with Gasteiger partial charge in [0.25, 0.3) is 0 Å². The van der Waals surface area contributed by atoms with Crippen LogP contribution in [0.1, 0.15) is 11.1 Å². The third kappa shape index (κ3) is 2.74. The van der Waals surface area contributed by atoms with E-state index in [1.807, 2.05) is 54.6 Å². The van der Waals surface area contributed by atoms with E-state index < -0.39 is 0 Å². The Morgan fingerprint density at radius 3 is 2.57 bits per heavy atom. The number of nitrogens with one attached hydrogen (secondary N) is 1. The van der Waals surface area contributed by atoms with E-state index in [1.54, 1.807) is 18.1 Å². The predicted molar refractivity (Wildman–Crippen MR) is 81.5 cm³/mol. The number of ether oxygens (including phenoxy) is 1. The van der Waals surface area contributed by atoms with Crippen LogP contribution in [0.3, 0.4) is 0 Å². The quantitative estimate of drug-likeness (QED) is 0.917. The lowest BCUT2D eigenvalue weighted by Gasteiger charge is -2.26. The third-order valence-electron chi connectivity index (χ3n) is 3.34. The van der Waals surface area contributed by atoms with Crippen molar-refractivity contribution in [3.05, 3.63) is 71.9 Å². The topological polar surface area (TPSA) is 41.6 Å². The van der Waals surface area contributed by atoms with Gasteiger partial charge >= 0.3 is 6.03 Å². The van der Waals surface area contributed by atoms with Gasteiger partial charge in [0.1, 0.15) is 5.75 Å². The van der Waals surface area contributed by atoms with Crippen LogP contribution in [0.15, 0.2) is 60.8 Å². The molecule has 2 aromatic rings. The second kappa shape index (κ2) is 5.71. The number of para-hydroxylation sites is 1. The summed E-state index contributed by atoms with van der Waals surface area (Å²) >= 11 is 0. The van der Waals surface area contributed by atoms with Crippen LogP contribution < -0.4 is 10.1 Å². The zero-order valence-electron chi connectivity index (χ0n) is 11.7. The van der Waals surface area contributed by atoms with E-state index in [-0.39, 0.29) is 6.03 Å². The number of benzene rings is 2. The molecule has 4 heteroatoms. The van der Waals surface area contributed by atoms with Crippen molar-refractivity contribution in [1.82, 2.24) is 10.2 Å². The number of amides is 2. The largest absolute Gasteiger partial charge is 0.455 e. The lowest BCUT2D eigenvalue weighted by molar-refractivity contribution is 0.214. The van der Waals surface area contributed by atoms with E-state index >= 15 is 0 Å². The number of rotatable bonds is 2. The second-order valence-corrected chi connectivity index (χ2v) is 4.75. The zero-order valence-corrected chi connectivity index (χ0v) is 11.7. The molecule has 0 saturated carbocycles. The molecule has 21 heavy (non-hydrogen) atoms. The molecular formula is C17H16N2O2. The van der Waals surface area contributed by atoms with Crippen LogP contribution in [-0.4, -0.2) is 18.0 Å². The highest BCUT2D eigenvalue weighted by Gasteiger charge is 2.22. The molecule has 0 spiro atoms. The summed E-state index contributed by atoms with van der Waals surface area (Å²) in [5, 5.41) is 2.64. The van der Waals surface area contributed by atoms with Crippen LogP contribution in [0.4, 0.5) is 4.79 Å². The molecule has 1 aliphatic rings. The van der Waals surface area contributed by atoms with Crippen molar-refractivity contribution >= 4 is 11.8 Å². The van der Waals surface area contributed by atoms with Crippen LogP contribution >= 0.6 is 0 Å². The maximum Gasteiger partial charge on any atom is 0.321 e. The van der Waals surface area contributed by atoms with Gasteiger partial charge in [-0.3, -0.25) is 4.90 Å². The van der Waals surface area contributed by atoms with Crippen molar-refractivity contribution in [1.29, 1.82) is 0 Å². The molecule has 1 heterocycles. The Bertz CT molecular complexity index is 680. The van der Waals surface area contributed by atoms with Gasteiger partial charge in [-0.1, -0.05) is 42.5 Å². The number of nitrogens with zero attached hydrogens (tertiary/aromatic N) is 1. The summed E-state index contributed by atoms with van der Waals surface area (Å²) in [6, 6.07) is 17.3. The molecule has 0 unspecified atom stereocenters. The van der Waals surface area contributed by atoms with Crippen molar-refractivity contribution in [3.8, 4) is 5.75 Å². The van der Waals surface area contributed by atoms with Crippen molar-refractivity contribution in [3.63, 3.8) is 0 Å². The smallest absolute Gasteiger partial charge is 0.321 e. The molecule has 0 atom stereocenters. The lowest BCUT2D eigenvalue weighted by atomic mass is 10.0. The molecule has 0 radical (unpaired) electrons. The van der Waals surface area contributed by atoms with Gasteiger partial charge in [-0.2, -0.15) is 0 Å². The summed E-state index contributed by atoms with van der Waals surface area (Å²) < 4.78 is 5.95. The molecule has 4 nitrogen and oxygen atoms in total. The van der Waals surface area contributed by atoms with E-state index in [0.717, 1.165) is 16.9 Å². The fourth-order valence-corrected chi connectivity index (χ4v) is 2.31. The number of carbonyl (C=O) groups is 1. The SMILES string of the molecule is CNC(=O)N1C=C(Oc2ccccc2)c2ccccc2C1. The van der Waals surface area contributed by atoms with Crippen molar-refractivity contribution in [2.45, 2.75) is 6.54 Å². The highest BCUT2D eigenvalue weighted by atomic mass is 16.5. The van der Waals surface area contributed by atoms with Gasteiger partial charge < -0.3 is 10.1 Å². The summed E-state index contributed by atoms with van der Waals surface area (Å²) in [4.78, 5) is 13.5. The van der Waals surface area contributed by atoms with Gasteiger partial charge in [-0.15, -0.1) is 0 Å². The highest BCUT2D eigenvalue weighted by molar-refractivity contribution is 5.79. The first-order valence-electron chi connectivity index (χ1n) is 6.79. The monoisotopic (exact) mass is 280 g/mol. The molecule has 0 fully saturated rings. The van der Waals surface area contributed by atoms with E-state index in [0.29, 0.717) is 12.3 Å². The Labute approximate surface area is 123 Å². The normalized spacial score (nSPS) is 13.2. The predicted octanol–water partition coefficient (Wildman–Crippen LogP) is 3.22. The van der Waals surface area contributed by atoms with Gasteiger partial charge in [0.2, 0.25) is 0 Å². The summed E-state index contributed by atoms with van der Waals surface area (Å²) in [6.07, 6.45) is 1.74. The van der Waals surface area contributed by atoms with E-state index in [4.69, 9.17) is 4.74 Å². The Morgan fingerprint density at radius 1 is 1.10 bits per heavy atom. The Hall–Kier alpha value is -2.75. The number of fused-ring (bicyclic) bond motifs is 1. The van der Waals surface area contributed by atoms with Gasteiger partial charge in [-0.05, 0) is 17.7 Å². The summed E-state index contributed by atoms with van der Waals surface area (Å²) in [6.45, 7) is 0.539. The van der Waals surface area contributed by atoms with E-state index in [9.17, 15) is 4.79 Å². The van der Waals surface area contributed by atoms with Crippen LogP contribution in [0.5, 0.6) is 5.75 Å². The number of hydrogen-bond donors (Lipinski definition) is 1. The molecule has 2 aromatic carbocycles. The molecule has 2 amide bonds. The molecule has 0 aromatic heterocycles. The fraction of sp³-hybridized carbons (Fsp3) is 0.118. The van der Waals surface area contributed by atoms with Crippen LogP contribution in [-0.2, 0) is 6.54 Å². The van der Waals surface area contributed by atoms with Crippen molar-refractivity contribution in [2.75, 3.05) is 7.05 Å². The number of carbonyl (C=O) groups excluding carboxylic acids is 1. The van der Waals surface area contributed by atoms with Gasteiger partial charge in [-0.25, -0.2) is 4.79 Å². The minimum atomic E-state index is -0.154. The average molecular weight is 280 g/mol. The van der Waals surface area contributed by atoms with Crippen LogP contribution in [0.2, 0.25) is 0 Å². The molecule has 0 saturated heterocycles. The summed E-state index contributed by atoms with van der Waals surface area (Å²) in [5.74, 6) is 1.42. The molecule has 1 N–H and O–H groups in total. The molecule has 0 bridgehead atoms. The van der Waals surface area contributed by atoms with E-state index in [1.165, 1.54) is 0 Å². The number of urea groups is 1. The third-order valence-corrected chi connectivity index (χ3v) is 3.34. The lowest BCUT2D eigenvalue weighted by Crippen LogP contribution is -2.36. The first-order valence-corrected chi connectivity index (χ1v) is 6.79. The molecular weight excluding hydrogens is 264 g/mol. The molecule has 3 rings (SSSR count). The second-order valence-electron chi connectivity index (χ2n) is 4.75. The minimum absolute atomic E-state index is 0.154. The standard InChI is InChI=1S/C17H16N2O2/c1-18-17(20)19-11-13-7-5-6-10-15(13)16(12-19)21-14-8-3-2-4-9-14/h2-10,12H,11H2,1H3,(H,18,20). The minimum Gasteiger partial charge on any atom is -0.455 e. The summed E-state index contributed by atoms with van der Waals surface area (Å²) in [7, 11) is 1.62. The maximum absolute atomic E-state index is 11.9. The first kappa shape index (κ1) is 13.2. The van der Waals surface area contributed by atoms with E-state index in [2.05, 4.69) is 5.32 Å². The van der Waals surface area contributed by atoms with Gasteiger partial charge in [0, 0.05) is 12.6 Å². The highest BCUT2D eigenvalue weighted by Crippen LogP contribution is 2.29. The first-order chi connectivity index (χ1) is 10.3. The summed E-state index contributed by atoms with van der Waals surface area (Å²) in [5.41, 5.74) is 2.08. The Morgan fingerprint density at radius 2 is 1.81 bits per heavy atom. The van der Waals surface area contributed by atoms with Crippen LogP contribution in [0, 0.1) is 0 Å². The van der Waals surface area contributed by atoms with Gasteiger partial charge in [0.15, 0.2) is 5.76 Å². The average Bonchev–Trinajstić information content (AvgIpc) is 2.55. The zero-order chi connectivity index (χ0) is 14.7. The Kier molecular flexibility index (Phi) is 3.60. The molecule has 1 aliphatic heterocycles. The van der Waals surface area contributed by atoms with Crippen molar-refractivity contribution in [2.24, 2.45) is 0 Å². The maximum atomic E-state index is 11.9. The molecule has 106 valence electrons. The van der Waals surface area contributed by atoms with Crippen LogP contribution in [0.25, 0.3) is 5.76 Å². The molecule has 0 aliphatic carbocycles. The number of hydrogen-bond acceptors (Lipinski definition) is 2. The Balaban J connectivity index is 1.97.